The van der Waals surface area contributed by atoms with Gasteiger partial charge in [-0.3, -0.25) is 9.59 Å². The Morgan fingerprint density at radius 2 is 2.03 bits per heavy atom. The minimum atomic E-state index is -0.522. The highest BCUT2D eigenvalue weighted by molar-refractivity contribution is 7.82. The van der Waals surface area contributed by atoms with Gasteiger partial charge in [0.25, 0.3) is 5.91 Å². The van der Waals surface area contributed by atoms with Crippen molar-refractivity contribution in [3.63, 3.8) is 0 Å². The van der Waals surface area contributed by atoms with Crippen LogP contribution in [-0.2, 0) is 9.59 Å². The highest BCUT2D eigenvalue weighted by atomic mass is 32.1. The summed E-state index contributed by atoms with van der Waals surface area (Å²) < 4.78 is 0. The third-order valence-corrected chi connectivity index (χ3v) is 5.77. The lowest BCUT2D eigenvalue weighted by Crippen LogP contribution is -2.52. The topological polar surface area (TPSA) is 103 Å². The number of amides is 2. The summed E-state index contributed by atoms with van der Waals surface area (Å²) in [7, 11) is 0. The molecule has 0 bridgehead atoms. The number of aromatic nitrogens is 1. The van der Waals surface area contributed by atoms with Gasteiger partial charge < -0.3 is 15.5 Å². The van der Waals surface area contributed by atoms with Crippen molar-refractivity contribution in [1.29, 1.82) is 5.26 Å². The van der Waals surface area contributed by atoms with Crippen molar-refractivity contribution in [2.45, 2.75) is 24.8 Å². The molecule has 146 valence electrons. The first-order valence-electron chi connectivity index (χ1n) is 9.38. The number of piperidine rings is 1. The fourth-order valence-corrected chi connectivity index (χ4v) is 4.37. The zero-order valence-corrected chi connectivity index (χ0v) is 16.4. The standard InChI is InChI=1S/C21H19N5O2S/c22-11-16(29)20(27)25-10-4-7-14(12-25)26-15-8-9-24-19(23)18(15)17(21(26)28)13-5-2-1-3-6-13/h1-3,5-6,8-9,14,17H,4,7,10,12H2,(H2,23,24)/t14-,17?/m1/s1. The van der Waals surface area contributed by atoms with Crippen molar-refractivity contribution < 1.29 is 9.59 Å². The molecule has 2 aliphatic rings. The molecule has 7 nitrogen and oxygen atoms in total. The van der Waals surface area contributed by atoms with E-state index in [4.69, 9.17) is 23.2 Å². The Balaban J connectivity index is 1.71. The van der Waals surface area contributed by atoms with E-state index in [0.29, 0.717) is 24.5 Å². The van der Waals surface area contributed by atoms with E-state index in [2.05, 4.69) is 4.98 Å². The van der Waals surface area contributed by atoms with Gasteiger partial charge in [0.15, 0.2) is 4.86 Å². The Kier molecular flexibility index (Phi) is 4.99. The Bertz CT molecular complexity index is 1030. The van der Waals surface area contributed by atoms with Gasteiger partial charge in [-0.25, -0.2) is 4.98 Å². The number of carbonyl (C=O) groups excluding carboxylic acids is 2. The van der Waals surface area contributed by atoms with E-state index >= 15 is 0 Å². The molecule has 3 heterocycles. The number of hydrogen-bond acceptors (Lipinski definition) is 6. The Morgan fingerprint density at radius 3 is 2.76 bits per heavy atom. The summed E-state index contributed by atoms with van der Waals surface area (Å²) in [4.78, 5) is 33.2. The van der Waals surface area contributed by atoms with Crippen LogP contribution in [0.4, 0.5) is 11.5 Å². The lowest BCUT2D eigenvalue weighted by molar-refractivity contribution is -0.126. The summed E-state index contributed by atoms with van der Waals surface area (Å²) in [6.45, 7) is 0.849. The second-order valence-electron chi connectivity index (χ2n) is 7.17. The number of nitriles is 1. The Hall–Kier alpha value is -3.31. The molecule has 0 spiro atoms. The normalized spacial score (nSPS) is 20.9. The third-order valence-electron chi connectivity index (χ3n) is 5.51. The van der Waals surface area contributed by atoms with Crippen molar-refractivity contribution in [2.24, 2.45) is 0 Å². The minimum absolute atomic E-state index is 0.0759. The number of carbonyl (C=O) groups is 2. The van der Waals surface area contributed by atoms with Gasteiger partial charge in [0.2, 0.25) is 5.91 Å². The SMILES string of the molecule is N#CC(=S)C(=O)N1CCC[C@@H](N2C(=O)C(c3ccccc3)c3c2ccnc3N)C1. The Labute approximate surface area is 173 Å². The summed E-state index contributed by atoms with van der Waals surface area (Å²) in [6.07, 6.45) is 3.07. The molecule has 29 heavy (non-hydrogen) atoms. The molecule has 2 aromatic rings. The monoisotopic (exact) mass is 405 g/mol. The molecule has 2 aliphatic heterocycles. The van der Waals surface area contributed by atoms with Crippen molar-refractivity contribution in [3.8, 4) is 6.07 Å². The molecule has 1 aromatic carbocycles. The van der Waals surface area contributed by atoms with Crippen LogP contribution in [0.2, 0.25) is 0 Å². The van der Waals surface area contributed by atoms with Crippen LogP contribution in [0.3, 0.4) is 0 Å². The zero-order chi connectivity index (χ0) is 20.5. The summed E-state index contributed by atoms with van der Waals surface area (Å²) in [6, 6.07) is 12.8. The number of fused-ring (bicyclic) bond motifs is 1. The number of benzene rings is 1. The predicted molar refractivity (Wildman–Crippen MR) is 112 cm³/mol. The quantitative estimate of drug-likeness (QED) is 0.784. The van der Waals surface area contributed by atoms with Crippen molar-refractivity contribution in [3.05, 3.63) is 53.7 Å². The van der Waals surface area contributed by atoms with Crippen LogP contribution >= 0.6 is 12.2 Å². The fourth-order valence-electron chi connectivity index (χ4n) is 4.24. The average molecular weight is 405 g/mol. The van der Waals surface area contributed by atoms with Gasteiger partial charge in [0.05, 0.1) is 17.6 Å². The van der Waals surface area contributed by atoms with Crippen LogP contribution in [0, 0.1) is 11.3 Å². The number of likely N-dealkylation sites (tertiary alicyclic amines) is 1. The van der Waals surface area contributed by atoms with Gasteiger partial charge >= 0.3 is 0 Å². The fraction of sp³-hybridized carbons (Fsp3) is 0.286. The number of nitrogen functional groups attached to an aromatic ring is 1. The largest absolute Gasteiger partial charge is 0.383 e. The highest BCUT2D eigenvalue weighted by Crippen LogP contribution is 2.45. The number of hydrogen-bond donors (Lipinski definition) is 1. The summed E-state index contributed by atoms with van der Waals surface area (Å²) in [5.41, 5.74) is 8.48. The lowest BCUT2D eigenvalue weighted by Gasteiger charge is -2.37. The molecule has 4 rings (SSSR count). The minimum Gasteiger partial charge on any atom is -0.383 e. The molecule has 1 aromatic heterocycles. The van der Waals surface area contributed by atoms with Crippen molar-refractivity contribution in [2.75, 3.05) is 23.7 Å². The molecule has 0 radical (unpaired) electrons. The number of thiocarbonyl (C=S) groups is 1. The summed E-state index contributed by atoms with van der Waals surface area (Å²) in [5.74, 6) is -0.714. The lowest BCUT2D eigenvalue weighted by atomic mass is 9.93. The van der Waals surface area contributed by atoms with Crippen LogP contribution in [-0.4, -0.2) is 45.7 Å². The van der Waals surface area contributed by atoms with Crippen LogP contribution in [0.25, 0.3) is 0 Å². The van der Waals surface area contributed by atoms with Crippen molar-refractivity contribution in [1.82, 2.24) is 9.88 Å². The number of nitrogens with two attached hydrogens (primary N) is 1. The highest BCUT2D eigenvalue weighted by Gasteiger charge is 2.44. The molecule has 0 aliphatic carbocycles. The zero-order valence-electron chi connectivity index (χ0n) is 15.6. The van der Waals surface area contributed by atoms with E-state index in [1.54, 1.807) is 28.1 Å². The first kappa shape index (κ1) is 19.0. The molecule has 0 saturated carbocycles. The number of rotatable bonds is 3. The first-order chi connectivity index (χ1) is 14.0. The van der Waals surface area contributed by atoms with Crippen LogP contribution in [0.1, 0.15) is 29.9 Å². The maximum absolute atomic E-state index is 13.5. The number of nitrogens with zero attached hydrogens (tertiary/aromatic N) is 4. The van der Waals surface area contributed by atoms with Crippen LogP contribution in [0.15, 0.2) is 42.6 Å². The van der Waals surface area contributed by atoms with Crippen LogP contribution < -0.4 is 10.6 Å². The van der Waals surface area contributed by atoms with E-state index in [-0.39, 0.29) is 16.8 Å². The molecule has 2 atom stereocenters. The molecular formula is C21H19N5O2S. The average Bonchev–Trinajstić information content (AvgIpc) is 3.06. The van der Waals surface area contributed by atoms with Gasteiger partial charge in [-0.05, 0) is 24.5 Å². The van der Waals surface area contributed by atoms with E-state index in [1.165, 1.54) is 0 Å². The van der Waals surface area contributed by atoms with E-state index in [9.17, 15) is 9.59 Å². The Morgan fingerprint density at radius 1 is 1.28 bits per heavy atom. The predicted octanol–water partition coefficient (Wildman–Crippen LogP) is 2.03. The molecule has 1 unspecified atom stereocenters. The van der Waals surface area contributed by atoms with Crippen molar-refractivity contribution >= 4 is 40.4 Å². The summed E-state index contributed by atoms with van der Waals surface area (Å²) in [5, 5.41) is 8.95. The van der Waals surface area contributed by atoms with E-state index in [0.717, 1.165) is 24.1 Å². The number of anilines is 2. The molecule has 1 saturated heterocycles. The summed E-state index contributed by atoms with van der Waals surface area (Å²) >= 11 is 4.86. The molecule has 2 N–H and O–H groups in total. The second-order valence-corrected chi connectivity index (χ2v) is 7.58. The second kappa shape index (κ2) is 7.60. The van der Waals surface area contributed by atoms with Gasteiger partial charge in [0, 0.05) is 24.8 Å². The third kappa shape index (κ3) is 3.23. The molecule has 1 fully saturated rings. The first-order valence-corrected chi connectivity index (χ1v) is 9.79. The smallest absolute Gasteiger partial charge is 0.275 e. The number of pyridine rings is 1. The molecule has 2 amide bonds. The van der Waals surface area contributed by atoms with Gasteiger partial charge in [-0.15, -0.1) is 0 Å². The van der Waals surface area contributed by atoms with E-state index in [1.807, 2.05) is 30.3 Å². The van der Waals surface area contributed by atoms with Crippen LogP contribution in [0.5, 0.6) is 0 Å². The van der Waals surface area contributed by atoms with E-state index < -0.39 is 11.8 Å². The maximum Gasteiger partial charge on any atom is 0.275 e. The molecular weight excluding hydrogens is 386 g/mol. The van der Waals surface area contributed by atoms with Gasteiger partial charge in [0.1, 0.15) is 11.9 Å². The molecule has 8 heteroatoms. The van der Waals surface area contributed by atoms with Gasteiger partial charge in [-0.2, -0.15) is 5.26 Å². The maximum atomic E-state index is 13.5. The van der Waals surface area contributed by atoms with Gasteiger partial charge in [-0.1, -0.05) is 42.5 Å².